The van der Waals surface area contributed by atoms with Gasteiger partial charge < -0.3 is 11.1 Å². The minimum Gasteiger partial charge on any atom is -0.369 e. The van der Waals surface area contributed by atoms with E-state index < -0.39 is 0 Å². The van der Waals surface area contributed by atoms with E-state index in [1.807, 2.05) is 12.1 Å². The Balaban J connectivity index is 1.43. The molecular formula is C18H20FN5O. The van der Waals surface area contributed by atoms with Gasteiger partial charge in [-0.05, 0) is 43.5 Å². The van der Waals surface area contributed by atoms with Crippen LogP contribution in [0.2, 0.25) is 0 Å². The molecule has 2 aliphatic carbocycles. The van der Waals surface area contributed by atoms with E-state index in [1.165, 1.54) is 6.07 Å². The van der Waals surface area contributed by atoms with Crippen molar-refractivity contribution in [1.29, 1.82) is 0 Å². The van der Waals surface area contributed by atoms with Crippen LogP contribution >= 0.6 is 0 Å². The summed E-state index contributed by atoms with van der Waals surface area (Å²) in [6.07, 6.45) is 5.26. The Morgan fingerprint density at radius 2 is 2.16 bits per heavy atom. The van der Waals surface area contributed by atoms with Crippen molar-refractivity contribution in [2.24, 2.45) is 11.7 Å². The summed E-state index contributed by atoms with van der Waals surface area (Å²) < 4.78 is 14.1. The predicted molar refractivity (Wildman–Crippen MR) is 90.3 cm³/mol. The third kappa shape index (κ3) is 2.94. The third-order valence-corrected chi connectivity index (χ3v) is 5.40. The maximum absolute atomic E-state index is 14.1. The average Bonchev–Trinajstić information content (AvgIpc) is 3.37. The second-order valence-electron chi connectivity index (χ2n) is 7.02. The molecule has 0 spiro atoms. The Morgan fingerprint density at radius 1 is 1.32 bits per heavy atom. The molecule has 25 heavy (non-hydrogen) atoms. The molecule has 2 aliphatic rings. The van der Waals surface area contributed by atoms with Gasteiger partial charge in [-0.15, -0.1) is 5.10 Å². The van der Waals surface area contributed by atoms with Crippen molar-refractivity contribution in [3.05, 3.63) is 47.7 Å². The van der Waals surface area contributed by atoms with E-state index in [9.17, 15) is 9.18 Å². The predicted octanol–water partition coefficient (Wildman–Crippen LogP) is 2.13. The summed E-state index contributed by atoms with van der Waals surface area (Å²) in [6, 6.07) is 6.79. The van der Waals surface area contributed by atoms with Gasteiger partial charge in [0.15, 0.2) is 0 Å². The number of aromatic nitrogens is 3. The van der Waals surface area contributed by atoms with Crippen LogP contribution in [0.5, 0.6) is 0 Å². The summed E-state index contributed by atoms with van der Waals surface area (Å²) in [5, 5.41) is 11.6. The summed E-state index contributed by atoms with van der Waals surface area (Å²) in [7, 11) is 0. The number of nitrogens with one attached hydrogen (secondary N) is 1. The van der Waals surface area contributed by atoms with Gasteiger partial charge in [0.1, 0.15) is 11.6 Å². The molecule has 0 aromatic carbocycles. The normalized spacial score (nSPS) is 23.6. The third-order valence-electron chi connectivity index (χ3n) is 5.40. The van der Waals surface area contributed by atoms with Crippen LogP contribution in [0.15, 0.2) is 30.5 Å². The van der Waals surface area contributed by atoms with Crippen LogP contribution in [0, 0.1) is 11.7 Å². The summed E-state index contributed by atoms with van der Waals surface area (Å²) in [6.45, 7) is 0.572. The SMILES string of the molecule is NC(=O)C1CC1c1ccc(NCC2(c3ncccc3F)CCC2)nn1. The number of anilines is 1. The summed E-state index contributed by atoms with van der Waals surface area (Å²) >= 11 is 0. The lowest BCUT2D eigenvalue weighted by molar-refractivity contribution is -0.119. The molecule has 3 N–H and O–H groups in total. The van der Waals surface area contributed by atoms with Crippen LogP contribution in [0.4, 0.5) is 10.2 Å². The van der Waals surface area contributed by atoms with Gasteiger partial charge in [-0.2, -0.15) is 5.10 Å². The highest BCUT2D eigenvalue weighted by Crippen LogP contribution is 2.46. The first-order valence-corrected chi connectivity index (χ1v) is 8.57. The molecule has 0 radical (unpaired) electrons. The van der Waals surface area contributed by atoms with Crippen molar-refractivity contribution in [3.8, 4) is 0 Å². The number of halogens is 1. The molecule has 0 saturated heterocycles. The molecule has 130 valence electrons. The van der Waals surface area contributed by atoms with Crippen molar-refractivity contribution in [3.63, 3.8) is 0 Å². The average molecular weight is 341 g/mol. The van der Waals surface area contributed by atoms with E-state index >= 15 is 0 Å². The molecule has 1 amide bonds. The van der Waals surface area contributed by atoms with Gasteiger partial charge in [0, 0.05) is 30.0 Å². The number of carbonyl (C=O) groups is 1. The minimum atomic E-state index is -0.279. The van der Waals surface area contributed by atoms with Gasteiger partial charge >= 0.3 is 0 Å². The Kier molecular flexibility index (Phi) is 3.86. The molecule has 6 nitrogen and oxygen atoms in total. The highest BCUT2D eigenvalue weighted by atomic mass is 19.1. The quantitative estimate of drug-likeness (QED) is 0.839. The Morgan fingerprint density at radius 3 is 2.72 bits per heavy atom. The molecule has 0 bridgehead atoms. The number of nitrogens with zero attached hydrogens (tertiary/aromatic N) is 3. The molecule has 2 unspecified atom stereocenters. The Hall–Kier alpha value is -2.57. The number of carbonyl (C=O) groups excluding carboxylic acids is 1. The van der Waals surface area contributed by atoms with Crippen LogP contribution < -0.4 is 11.1 Å². The maximum atomic E-state index is 14.1. The van der Waals surface area contributed by atoms with Crippen molar-refractivity contribution in [2.75, 3.05) is 11.9 Å². The first kappa shape index (κ1) is 15.9. The molecule has 2 atom stereocenters. The first-order valence-electron chi connectivity index (χ1n) is 8.57. The number of hydrogen-bond donors (Lipinski definition) is 2. The van der Waals surface area contributed by atoms with E-state index in [-0.39, 0.29) is 29.0 Å². The van der Waals surface area contributed by atoms with Crippen LogP contribution in [0.25, 0.3) is 0 Å². The molecular weight excluding hydrogens is 321 g/mol. The highest BCUT2D eigenvalue weighted by molar-refractivity contribution is 5.80. The standard InChI is InChI=1S/C18H20FN5O/c19-13-3-1-8-21-16(13)18(6-2-7-18)10-22-15-5-4-14(23-24-15)11-9-12(11)17(20)25/h1,3-5,8,11-12H,2,6-7,9-10H2,(H2,20,25)(H,22,24). The fourth-order valence-electron chi connectivity index (χ4n) is 3.61. The number of amides is 1. The molecule has 4 rings (SSSR count). The van der Waals surface area contributed by atoms with Gasteiger partial charge in [0.2, 0.25) is 5.91 Å². The van der Waals surface area contributed by atoms with Crippen LogP contribution in [0.1, 0.15) is 43.0 Å². The van der Waals surface area contributed by atoms with E-state index in [2.05, 4.69) is 20.5 Å². The molecule has 2 aromatic heterocycles. The number of nitrogens with two attached hydrogens (primary N) is 1. The molecule has 2 aromatic rings. The monoisotopic (exact) mass is 341 g/mol. The topological polar surface area (TPSA) is 93.8 Å². The molecule has 2 fully saturated rings. The molecule has 0 aliphatic heterocycles. The number of hydrogen-bond acceptors (Lipinski definition) is 5. The second kappa shape index (κ2) is 6.06. The van der Waals surface area contributed by atoms with Gasteiger partial charge in [0.05, 0.1) is 11.4 Å². The molecule has 2 saturated carbocycles. The zero-order valence-corrected chi connectivity index (χ0v) is 13.8. The highest BCUT2D eigenvalue weighted by Gasteiger charge is 2.44. The fourth-order valence-corrected chi connectivity index (χ4v) is 3.61. The lowest BCUT2D eigenvalue weighted by Gasteiger charge is -2.41. The zero-order valence-electron chi connectivity index (χ0n) is 13.8. The van der Waals surface area contributed by atoms with Gasteiger partial charge in [-0.1, -0.05) is 6.42 Å². The van der Waals surface area contributed by atoms with Gasteiger partial charge in [0.25, 0.3) is 0 Å². The van der Waals surface area contributed by atoms with E-state index in [0.29, 0.717) is 18.1 Å². The van der Waals surface area contributed by atoms with Crippen molar-refractivity contribution in [1.82, 2.24) is 15.2 Å². The number of rotatable bonds is 6. The van der Waals surface area contributed by atoms with Gasteiger partial charge in [-0.3, -0.25) is 9.78 Å². The Bertz CT molecular complexity index is 790. The summed E-state index contributed by atoms with van der Waals surface area (Å²) in [5.41, 5.74) is 6.35. The maximum Gasteiger partial charge on any atom is 0.221 e. The van der Waals surface area contributed by atoms with Crippen LogP contribution in [0.3, 0.4) is 0 Å². The summed E-state index contributed by atoms with van der Waals surface area (Å²) in [4.78, 5) is 15.4. The van der Waals surface area contributed by atoms with Crippen LogP contribution in [-0.2, 0) is 10.2 Å². The summed E-state index contributed by atoms with van der Waals surface area (Å²) in [5.74, 6) is 0.0933. The van der Waals surface area contributed by atoms with E-state index in [0.717, 1.165) is 31.4 Å². The van der Waals surface area contributed by atoms with Crippen LogP contribution in [-0.4, -0.2) is 27.6 Å². The largest absolute Gasteiger partial charge is 0.369 e. The lowest BCUT2D eigenvalue weighted by Crippen LogP contribution is -2.42. The van der Waals surface area contributed by atoms with E-state index in [1.54, 1.807) is 12.3 Å². The first-order chi connectivity index (χ1) is 12.1. The molecule has 7 heteroatoms. The van der Waals surface area contributed by atoms with Gasteiger partial charge in [-0.25, -0.2) is 4.39 Å². The minimum absolute atomic E-state index is 0.0969. The lowest BCUT2D eigenvalue weighted by atomic mass is 9.66. The molecule has 2 heterocycles. The fraction of sp³-hybridized carbons (Fsp3) is 0.444. The Labute approximate surface area is 145 Å². The smallest absolute Gasteiger partial charge is 0.221 e. The van der Waals surface area contributed by atoms with E-state index in [4.69, 9.17) is 5.73 Å². The van der Waals surface area contributed by atoms with Crippen molar-refractivity contribution in [2.45, 2.75) is 37.0 Å². The number of pyridine rings is 1. The van der Waals surface area contributed by atoms with Crippen molar-refractivity contribution < 1.29 is 9.18 Å². The zero-order chi connectivity index (χ0) is 17.4. The second-order valence-corrected chi connectivity index (χ2v) is 7.02. The van der Waals surface area contributed by atoms with Crippen molar-refractivity contribution >= 4 is 11.7 Å². The number of primary amides is 1.